The molecule has 0 aromatic heterocycles. The maximum atomic E-state index is 12.6. The summed E-state index contributed by atoms with van der Waals surface area (Å²) in [5, 5.41) is 0. The molecule has 0 bridgehead atoms. The van der Waals surface area contributed by atoms with Gasteiger partial charge in [0.15, 0.2) is 0 Å². The number of amides is 1. The van der Waals surface area contributed by atoms with Gasteiger partial charge in [0.2, 0.25) is 15.9 Å². The largest absolute Gasteiger partial charge is 0.340 e. The molecule has 0 unspecified atom stereocenters. The van der Waals surface area contributed by atoms with Crippen molar-refractivity contribution in [2.24, 2.45) is 0 Å². The van der Waals surface area contributed by atoms with E-state index in [0.717, 1.165) is 31.6 Å². The maximum absolute atomic E-state index is 12.6. The number of rotatable bonds is 10. The molecule has 0 atom stereocenters. The fourth-order valence-corrected chi connectivity index (χ4v) is 4.89. The third kappa shape index (κ3) is 6.90. The van der Waals surface area contributed by atoms with Crippen molar-refractivity contribution in [3.05, 3.63) is 35.9 Å². The Kier molecular flexibility index (Phi) is 8.73. The van der Waals surface area contributed by atoms with Crippen LogP contribution in [0.2, 0.25) is 0 Å². The van der Waals surface area contributed by atoms with Crippen molar-refractivity contribution < 1.29 is 13.2 Å². The van der Waals surface area contributed by atoms with Crippen LogP contribution in [-0.4, -0.2) is 80.0 Å². The van der Waals surface area contributed by atoms with Crippen molar-refractivity contribution in [3.63, 3.8) is 0 Å². The number of nitrogens with zero attached hydrogens (tertiary/aromatic N) is 3. The average molecular weight is 396 g/mol. The number of aryl methyl sites for hydroxylation is 1. The molecule has 0 saturated carbocycles. The zero-order chi connectivity index (χ0) is 19.7. The first-order chi connectivity index (χ1) is 13.0. The molecule has 1 aromatic rings. The minimum atomic E-state index is -3.25. The molecule has 27 heavy (non-hydrogen) atoms. The quantitative estimate of drug-likeness (QED) is 0.606. The molecule has 7 heteroatoms. The first-order valence-electron chi connectivity index (χ1n) is 9.98. The van der Waals surface area contributed by atoms with E-state index in [9.17, 15) is 13.2 Å². The van der Waals surface area contributed by atoms with Gasteiger partial charge in [-0.2, -0.15) is 4.31 Å². The topological polar surface area (TPSA) is 60.9 Å². The minimum absolute atomic E-state index is 0.128. The summed E-state index contributed by atoms with van der Waals surface area (Å²) < 4.78 is 26.7. The smallest absolute Gasteiger partial charge is 0.223 e. The summed E-state index contributed by atoms with van der Waals surface area (Å²) in [6, 6.07) is 9.95. The summed E-state index contributed by atoms with van der Waals surface area (Å²) in [6.07, 6.45) is 1.89. The van der Waals surface area contributed by atoms with Crippen LogP contribution < -0.4 is 0 Å². The molecule has 6 nitrogen and oxygen atoms in total. The van der Waals surface area contributed by atoms with E-state index in [1.165, 1.54) is 0 Å². The second-order valence-electron chi connectivity index (χ2n) is 6.96. The van der Waals surface area contributed by atoms with Gasteiger partial charge in [0.25, 0.3) is 0 Å². The average Bonchev–Trinajstić information content (AvgIpc) is 2.69. The molecule has 1 fully saturated rings. The van der Waals surface area contributed by atoms with E-state index in [1.54, 1.807) is 9.21 Å². The Morgan fingerprint density at radius 1 is 1.04 bits per heavy atom. The lowest BCUT2D eigenvalue weighted by Gasteiger charge is -2.34. The highest BCUT2D eigenvalue weighted by Crippen LogP contribution is 2.12. The summed E-state index contributed by atoms with van der Waals surface area (Å²) >= 11 is 0. The predicted molar refractivity (Wildman–Crippen MR) is 109 cm³/mol. The molecule has 1 saturated heterocycles. The molecule has 0 radical (unpaired) electrons. The van der Waals surface area contributed by atoms with Gasteiger partial charge in [-0.25, -0.2) is 8.42 Å². The van der Waals surface area contributed by atoms with Gasteiger partial charge in [-0.15, -0.1) is 0 Å². The minimum Gasteiger partial charge on any atom is -0.340 e. The van der Waals surface area contributed by atoms with Crippen molar-refractivity contribution in [2.45, 2.75) is 33.1 Å². The Morgan fingerprint density at radius 2 is 1.67 bits per heavy atom. The fraction of sp³-hybridized carbons (Fsp3) is 0.650. The van der Waals surface area contributed by atoms with E-state index >= 15 is 0 Å². The fourth-order valence-electron chi connectivity index (χ4n) is 3.40. The van der Waals surface area contributed by atoms with E-state index < -0.39 is 10.0 Å². The van der Waals surface area contributed by atoms with Crippen LogP contribution in [0.5, 0.6) is 0 Å². The van der Waals surface area contributed by atoms with Crippen molar-refractivity contribution in [2.75, 3.05) is 51.6 Å². The van der Waals surface area contributed by atoms with E-state index in [0.29, 0.717) is 39.0 Å². The molecule has 1 aliphatic rings. The normalized spacial score (nSPS) is 16.0. The summed E-state index contributed by atoms with van der Waals surface area (Å²) in [5.41, 5.74) is 1.16. The second kappa shape index (κ2) is 10.8. The van der Waals surface area contributed by atoms with Gasteiger partial charge in [-0.1, -0.05) is 44.2 Å². The monoisotopic (exact) mass is 395 g/mol. The number of carbonyl (C=O) groups excluding carboxylic acids is 1. The molecule has 1 aromatic carbocycles. The van der Waals surface area contributed by atoms with Crippen LogP contribution in [0.1, 0.15) is 32.3 Å². The van der Waals surface area contributed by atoms with E-state index in [2.05, 4.69) is 18.7 Å². The van der Waals surface area contributed by atoms with Crippen LogP contribution in [0.4, 0.5) is 0 Å². The zero-order valence-corrected chi connectivity index (χ0v) is 17.5. The lowest BCUT2D eigenvalue weighted by atomic mass is 10.1. The van der Waals surface area contributed by atoms with E-state index in [1.807, 2.05) is 30.3 Å². The third-order valence-electron chi connectivity index (χ3n) is 5.23. The molecule has 1 amide bonds. The molecular weight excluding hydrogens is 362 g/mol. The Hall–Kier alpha value is -1.44. The van der Waals surface area contributed by atoms with Crippen LogP contribution in [-0.2, 0) is 21.2 Å². The molecule has 1 heterocycles. The first-order valence-corrected chi connectivity index (χ1v) is 11.6. The van der Waals surface area contributed by atoms with E-state index in [4.69, 9.17) is 0 Å². The van der Waals surface area contributed by atoms with Gasteiger partial charge in [0, 0.05) is 39.1 Å². The predicted octanol–water partition coefficient (Wildman–Crippen LogP) is 1.83. The summed E-state index contributed by atoms with van der Waals surface area (Å²) in [4.78, 5) is 16.4. The highest BCUT2D eigenvalue weighted by Gasteiger charge is 2.28. The highest BCUT2D eigenvalue weighted by molar-refractivity contribution is 7.89. The van der Waals surface area contributed by atoms with Crippen LogP contribution in [0.15, 0.2) is 30.3 Å². The van der Waals surface area contributed by atoms with Gasteiger partial charge >= 0.3 is 0 Å². The summed E-state index contributed by atoms with van der Waals surface area (Å²) in [7, 11) is -3.25. The number of benzene rings is 1. The van der Waals surface area contributed by atoms with Gasteiger partial charge in [0.05, 0.1) is 5.75 Å². The van der Waals surface area contributed by atoms with E-state index in [-0.39, 0.29) is 11.7 Å². The summed E-state index contributed by atoms with van der Waals surface area (Å²) in [6.45, 7) is 8.64. The third-order valence-corrected chi connectivity index (χ3v) is 7.19. The number of hydrogen-bond donors (Lipinski definition) is 0. The molecular formula is C20H33N3O3S. The van der Waals surface area contributed by atoms with Crippen molar-refractivity contribution in [1.82, 2.24) is 14.1 Å². The number of sulfonamides is 1. The maximum Gasteiger partial charge on any atom is 0.223 e. The Morgan fingerprint density at radius 3 is 2.26 bits per heavy atom. The molecule has 0 spiro atoms. The Labute approximate surface area is 164 Å². The molecule has 2 rings (SSSR count). The number of carbonyl (C=O) groups is 1. The Bertz CT molecular complexity index is 667. The van der Waals surface area contributed by atoms with Gasteiger partial charge < -0.3 is 9.80 Å². The van der Waals surface area contributed by atoms with Crippen LogP contribution >= 0.6 is 0 Å². The zero-order valence-electron chi connectivity index (χ0n) is 16.6. The molecule has 152 valence electrons. The van der Waals surface area contributed by atoms with Gasteiger partial charge in [-0.05, 0) is 31.5 Å². The highest BCUT2D eigenvalue weighted by atomic mass is 32.2. The van der Waals surface area contributed by atoms with Crippen LogP contribution in [0.25, 0.3) is 0 Å². The van der Waals surface area contributed by atoms with Crippen molar-refractivity contribution in [1.29, 1.82) is 0 Å². The SMILES string of the molecule is CCN(CC)CCC(=O)N1CCN(S(=O)(=O)CCCc2ccccc2)CC1. The van der Waals surface area contributed by atoms with Crippen LogP contribution in [0, 0.1) is 0 Å². The molecule has 0 N–H and O–H groups in total. The lowest BCUT2D eigenvalue weighted by molar-refractivity contribution is -0.132. The number of piperazine rings is 1. The first kappa shape index (κ1) is 21.9. The standard InChI is InChI=1S/C20H33N3O3S/c1-3-21(4-2)13-12-20(24)22-14-16-23(17-15-22)27(25,26)18-8-11-19-9-6-5-7-10-19/h5-7,9-10H,3-4,8,11-18H2,1-2H3. The summed E-state index contributed by atoms with van der Waals surface area (Å²) in [5.74, 6) is 0.292. The lowest BCUT2D eigenvalue weighted by Crippen LogP contribution is -2.51. The Balaban J connectivity index is 1.74. The van der Waals surface area contributed by atoms with Crippen molar-refractivity contribution >= 4 is 15.9 Å². The van der Waals surface area contributed by atoms with Gasteiger partial charge in [0.1, 0.15) is 0 Å². The van der Waals surface area contributed by atoms with Crippen molar-refractivity contribution in [3.8, 4) is 0 Å². The number of hydrogen-bond acceptors (Lipinski definition) is 4. The molecule has 1 aliphatic heterocycles. The van der Waals surface area contributed by atoms with Gasteiger partial charge in [-0.3, -0.25) is 4.79 Å². The van der Waals surface area contributed by atoms with Crippen LogP contribution in [0.3, 0.4) is 0 Å². The second-order valence-corrected chi connectivity index (χ2v) is 9.05. The molecule has 0 aliphatic carbocycles.